The first-order valence-corrected chi connectivity index (χ1v) is 3.38. The number of aliphatic hydroxyl groups excluding tert-OH is 2. The maximum atomic E-state index is 10.4. The molecule has 64 valence electrons. The second-order valence-corrected chi connectivity index (χ2v) is 2.83. The molecule has 0 spiro atoms. The van der Waals surface area contributed by atoms with Gasteiger partial charge < -0.3 is 21.1 Å². The standard InChI is InChI=1S/C6H11NO4/c7-3-1-2(6(10)11)4(8)5(3)9/h2-5,8-9H,1,7H2,(H,10,11)/t2-,3+,4+,5-/m0/s1. The Labute approximate surface area is 63.4 Å². The second-order valence-electron chi connectivity index (χ2n) is 2.83. The Morgan fingerprint density at radius 2 is 1.91 bits per heavy atom. The molecule has 1 fully saturated rings. The van der Waals surface area contributed by atoms with Gasteiger partial charge in [0.05, 0.1) is 18.1 Å². The minimum absolute atomic E-state index is 0.137. The molecule has 11 heavy (non-hydrogen) atoms. The van der Waals surface area contributed by atoms with Crippen molar-refractivity contribution in [3.05, 3.63) is 0 Å². The molecule has 0 radical (unpaired) electrons. The van der Waals surface area contributed by atoms with Crippen LogP contribution < -0.4 is 5.73 Å². The predicted molar refractivity (Wildman–Crippen MR) is 35.7 cm³/mol. The van der Waals surface area contributed by atoms with E-state index >= 15 is 0 Å². The average molecular weight is 161 g/mol. The van der Waals surface area contributed by atoms with Gasteiger partial charge in [-0.2, -0.15) is 0 Å². The molecule has 1 saturated carbocycles. The van der Waals surface area contributed by atoms with E-state index in [9.17, 15) is 4.79 Å². The third kappa shape index (κ3) is 1.35. The van der Waals surface area contributed by atoms with Crippen LogP contribution in [-0.4, -0.2) is 39.5 Å². The Hall–Kier alpha value is -0.650. The molecule has 0 aromatic rings. The van der Waals surface area contributed by atoms with E-state index in [1.807, 2.05) is 0 Å². The van der Waals surface area contributed by atoms with Gasteiger partial charge >= 0.3 is 5.97 Å². The number of carboxylic acid groups (broad SMARTS) is 1. The third-order valence-corrected chi connectivity index (χ3v) is 2.04. The van der Waals surface area contributed by atoms with Crippen molar-refractivity contribution in [2.45, 2.75) is 24.7 Å². The van der Waals surface area contributed by atoms with Crippen LogP contribution in [0.25, 0.3) is 0 Å². The molecule has 1 aliphatic carbocycles. The summed E-state index contributed by atoms with van der Waals surface area (Å²) in [5.41, 5.74) is 5.32. The topological polar surface area (TPSA) is 104 Å². The van der Waals surface area contributed by atoms with Crippen molar-refractivity contribution in [1.29, 1.82) is 0 Å². The minimum atomic E-state index is -1.22. The number of aliphatic hydroxyl groups is 2. The number of aliphatic carboxylic acids is 1. The van der Waals surface area contributed by atoms with Crippen molar-refractivity contribution >= 4 is 5.97 Å². The Morgan fingerprint density at radius 1 is 1.36 bits per heavy atom. The molecule has 4 atom stereocenters. The quantitative estimate of drug-likeness (QED) is 0.361. The molecular formula is C6H11NO4. The number of hydrogen-bond acceptors (Lipinski definition) is 4. The lowest BCUT2D eigenvalue weighted by Crippen LogP contribution is -2.36. The van der Waals surface area contributed by atoms with E-state index in [2.05, 4.69) is 0 Å². The molecule has 5 nitrogen and oxygen atoms in total. The highest BCUT2D eigenvalue weighted by Crippen LogP contribution is 2.25. The first-order valence-electron chi connectivity index (χ1n) is 3.38. The predicted octanol–water partition coefficient (Wildman–Crippen LogP) is -1.86. The van der Waals surface area contributed by atoms with E-state index < -0.39 is 30.1 Å². The lowest BCUT2D eigenvalue weighted by atomic mass is 10.1. The van der Waals surface area contributed by atoms with Gasteiger partial charge in [0.2, 0.25) is 0 Å². The van der Waals surface area contributed by atoms with E-state index in [1.165, 1.54) is 0 Å². The van der Waals surface area contributed by atoms with Crippen LogP contribution in [0.5, 0.6) is 0 Å². The fourth-order valence-electron chi connectivity index (χ4n) is 1.31. The number of nitrogens with two attached hydrogens (primary N) is 1. The Bertz CT molecular complexity index is 172. The monoisotopic (exact) mass is 161 g/mol. The van der Waals surface area contributed by atoms with Crippen LogP contribution in [0.15, 0.2) is 0 Å². The average Bonchev–Trinajstić information content (AvgIpc) is 2.17. The summed E-state index contributed by atoms with van der Waals surface area (Å²) >= 11 is 0. The van der Waals surface area contributed by atoms with Gasteiger partial charge in [-0.1, -0.05) is 0 Å². The summed E-state index contributed by atoms with van der Waals surface area (Å²) in [6.45, 7) is 0. The van der Waals surface area contributed by atoms with Gasteiger partial charge in [0.1, 0.15) is 0 Å². The summed E-state index contributed by atoms with van der Waals surface area (Å²) < 4.78 is 0. The van der Waals surface area contributed by atoms with E-state index in [0.717, 1.165) is 0 Å². The molecule has 0 aliphatic heterocycles. The van der Waals surface area contributed by atoms with Crippen LogP contribution in [0, 0.1) is 5.92 Å². The molecule has 1 aliphatic rings. The number of carboxylic acids is 1. The summed E-state index contributed by atoms with van der Waals surface area (Å²) in [6.07, 6.45) is -2.18. The minimum Gasteiger partial charge on any atom is -0.481 e. The van der Waals surface area contributed by atoms with Crippen LogP contribution in [0.4, 0.5) is 0 Å². The maximum Gasteiger partial charge on any atom is 0.309 e. The zero-order valence-corrected chi connectivity index (χ0v) is 5.84. The molecule has 0 aromatic carbocycles. The molecule has 0 heterocycles. The highest BCUT2D eigenvalue weighted by Gasteiger charge is 2.43. The smallest absolute Gasteiger partial charge is 0.309 e. The molecule has 0 aromatic heterocycles. The highest BCUT2D eigenvalue weighted by molar-refractivity contribution is 5.71. The summed E-state index contributed by atoms with van der Waals surface area (Å²) in [7, 11) is 0. The normalized spacial score (nSPS) is 44.3. The Balaban J connectivity index is 2.67. The fraction of sp³-hybridized carbons (Fsp3) is 0.833. The number of carbonyl (C=O) groups is 1. The lowest BCUT2D eigenvalue weighted by Gasteiger charge is -2.12. The molecule has 0 unspecified atom stereocenters. The molecular weight excluding hydrogens is 150 g/mol. The largest absolute Gasteiger partial charge is 0.481 e. The van der Waals surface area contributed by atoms with Crippen LogP contribution in [0.1, 0.15) is 6.42 Å². The lowest BCUT2D eigenvalue weighted by molar-refractivity contribution is -0.145. The Morgan fingerprint density at radius 3 is 2.09 bits per heavy atom. The summed E-state index contributed by atoms with van der Waals surface area (Å²) in [6, 6.07) is -0.619. The Kier molecular flexibility index (Phi) is 2.12. The van der Waals surface area contributed by atoms with Crippen molar-refractivity contribution in [2.24, 2.45) is 11.7 Å². The van der Waals surface area contributed by atoms with Crippen molar-refractivity contribution < 1.29 is 20.1 Å². The summed E-state index contributed by atoms with van der Waals surface area (Å²) in [4.78, 5) is 10.4. The van der Waals surface area contributed by atoms with Crippen LogP contribution in [-0.2, 0) is 4.79 Å². The first-order chi connectivity index (χ1) is 5.04. The van der Waals surface area contributed by atoms with Gasteiger partial charge in [-0.15, -0.1) is 0 Å². The fourth-order valence-corrected chi connectivity index (χ4v) is 1.31. The van der Waals surface area contributed by atoms with Gasteiger partial charge in [-0.05, 0) is 6.42 Å². The van der Waals surface area contributed by atoms with Gasteiger partial charge in [0.15, 0.2) is 0 Å². The van der Waals surface area contributed by atoms with E-state index in [1.54, 1.807) is 0 Å². The van der Waals surface area contributed by atoms with Gasteiger partial charge in [-0.3, -0.25) is 4.79 Å². The molecule has 5 heteroatoms. The number of rotatable bonds is 1. The van der Waals surface area contributed by atoms with E-state index in [4.69, 9.17) is 21.1 Å². The first kappa shape index (κ1) is 8.45. The maximum absolute atomic E-state index is 10.4. The zero-order chi connectivity index (χ0) is 8.59. The van der Waals surface area contributed by atoms with Crippen molar-refractivity contribution in [3.8, 4) is 0 Å². The van der Waals surface area contributed by atoms with Gasteiger partial charge in [0.25, 0.3) is 0 Å². The van der Waals surface area contributed by atoms with Gasteiger partial charge in [0, 0.05) is 6.04 Å². The van der Waals surface area contributed by atoms with Crippen molar-refractivity contribution in [1.82, 2.24) is 0 Å². The van der Waals surface area contributed by atoms with E-state index in [0.29, 0.717) is 0 Å². The van der Waals surface area contributed by atoms with E-state index in [-0.39, 0.29) is 6.42 Å². The highest BCUT2D eigenvalue weighted by atomic mass is 16.4. The van der Waals surface area contributed by atoms with Crippen LogP contribution in [0.3, 0.4) is 0 Å². The summed E-state index contributed by atoms with van der Waals surface area (Å²) in [5, 5.41) is 26.6. The third-order valence-electron chi connectivity index (χ3n) is 2.04. The SMILES string of the molecule is N[C@@H]1C[C@H](C(=O)O)[C@@H](O)[C@H]1O. The molecule has 1 rings (SSSR count). The molecule has 5 N–H and O–H groups in total. The van der Waals surface area contributed by atoms with Crippen LogP contribution in [0.2, 0.25) is 0 Å². The zero-order valence-electron chi connectivity index (χ0n) is 5.84. The summed E-state index contributed by atoms with van der Waals surface area (Å²) in [5.74, 6) is -2.02. The van der Waals surface area contributed by atoms with Crippen molar-refractivity contribution in [3.63, 3.8) is 0 Å². The number of hydrogen-bond donors (Lipinski definition) is 4. The molecule has 0 bridgehead atoms. The molecule has 0 amide bonds. The van der Waals surface area contributed by atoms with Crippen LogP contribution >= 0.6 is 0 Å². The van der Waals surface area contributed by atoms with Crippen molar-refractivity contribution in [2.75, 3.05) is 0 Å². The molecule has 0 saturated heterocycles. The second kappa shape index (κ2) is 2.77. The van der Waals surface area contributed by atoms with Gasteiger partial charge in [-0.25, -0.2) is 0 Å².